The first-order valence-corrected chi connectivity index (χ1v) is 8.28. The van der Waals surface area contributed by atoms with Crippen LogP contribution in [0.3, 0.4) is 0 Å². The molecule has 1 fully saturated rings. The fraction of sp³-hybridized carbons (Fsp3) is 0.278. The Kier molecular flexibility index (Phi) is 3.76. The lowest BCUT2D eigenvalue weighted by Crippen LogP contribution is -2.26. The number of aromatic nitrogens is 3. The highest BCUT2D eigenvalue weighted by Gasteiger charge is 2.23. The standard InChI is InChI=1S/C18H19N5O2/c1-22-8-9-23-18(22)15(11-19-23)17(25)21-14-4-2-12(3-5-14)10-16(24)20-13-6-7-13/h2-5,8-9,11,13H,6-7,10H2,1H3,(H,20,24)(H,21,25). The van der Waals surface area contributed by atoms with Gasteiger partial charge in [-0.2, -0.15) is 5.10 Å². The number of benzene rings is 1. The first-order valence-electron chi connectivity index (χ1n) is 8.28. The van der Waals surface area contributed by atoms with Gasteiger partial charge in [-0.1, -0.05) is 12.1 Å². The predicted molar refractivity (Wildman–Crippen MR) is 93.4 cm³/mol. The molecule has 2 N–H and O–H groups in total. The molecule has 128 valence electrons. The topological polar surface area (TPSA) is 80.4 Å². The Bertz CT molecular complexity index is 934. The van der Waals surface area contributed by atoms with Crippen LogP contribution in [0.1, 0.15) is 28.8 Å². The van der Waals surface area contributed by atoms with Crippen LogP contribution in [-0.4, -0.2) is 32.0 Å². The quantitative estimate of drug-likeness (QED) is 0.744. The van der Waals surface area contributed by atoms with Crippen LogP contribution in [-0.2, 0) is 18.3 Å². The number of hydrogen-bond donors (Lipinski definition) is 2. The summed E-state index contributed by atoms with van der Waals surface area (Å²) in [7, 11) is 1.87. The Morgan fingerprint density at radius 3 is 2.68 bits per heavy atom. The molecule has 7 heteroatoms. The molecular weight excluding hydrogens is 318 g/mol. The summed E-state index contributed by atoms with van der Waals surface area (Å²) in [6, 6.07) is 7.71. The normalized spacial score (nSPS) is 13.8. The van der Waals surface area contributed by atoms with Gasteiger partial charge in [0.25, 0.3) is 5.91 Å². The van der Waals surface area contributed by atoms with Gasteiger partial charge in [0.05, 0.1) is 12.6 Å². The van der Waals surface area contributed by atoms with Crippen molar-refractivity contribution in [2.45, 2.75) is 25.3 Å². The maximum Gasteiger partial charge on any atom is 0.261 e. The average molecular weight is 337 g/mol. The zero-order valence-electron chi connectivity index (χ0n) is 13.9. The Labute approximate surface area is 144 Å². The SMILES string of the molecule is Cn1ccn2ncc(C(=O)Nc3ccc(CC(=O)NC4CC4)cc3)c12. The van der Waals surface area contributed by atoms with Crippen LogP contribution in [0.2, 0.25) is 0 Å². The number of fused-ring (bicyclic) bond motifs is 1. The lowest BCUT2D eigenvalue weighted by Gasteiger charge is -2.07. The lowest BCUT2D eigenvalue weighted by molar-refractivity contribution is -0.120. The molecule has 0 atom stereocenters. The van der Waals surface area contributed by atoms with E-state index in [0.29, 0.717) is 23.7 Å². The second-order valence-electron chi connectivity index (χ2n) is 6.41. The fourth-order valence-electron chi connectivity index (χ4n) is 2.81. The molecule has 0 saturated heterocycles. The predicted octanol–water partition coefficient (Wildman–Crippen LogP) is 1.75. The van der Waals surface area contributed by atoms with Crippen molar-refractivity contribution in [2.75, 3.05) is 5.32 Å². The lowest BCUT2D eigenvalue weighted by atomic mass is 10.1. The van der Waals surface area contributed by atoms with Gasteiger partial charge in [-0.05, 0) is 30.5 Å². The minimum atomic E-state index is -0.212. The first-order chi connectivity index (χ1) is 12.1. The van der Waals surface area contributed by atoms with E-state index in [1.54, 1.807) is 16.9 Å². The molecule has 2 heterocycles. The molecule has 0 unspecified atom stereocenters. The molecule has 1 aliphatic carbocycles. The van der Waals surface area contributed by atoms with Crippen LogP contribution in [0.25, 0.3) is 5.65 Å². The summed E-state index contributed by atoms with van der Waals surface area (Å²) in [6.07, 6.45) is 7.73. The third-order valence-corrected chi connectivity index (χ3v) is 4.30. The maximum absolute atomic E-state index is 12.5. The van der Waals surface area contributed by atoms with Crippen molar-refractivity contribution in [1.29, 1.82) is 0 Å². The minimum absolute atomic E-state index is 0.0465. The zero-order chi connectivity index (χ0) is 17.4. The number of hydrogen-bond acceptors (Lipinski definition) is 3. The number of nitrogens with one attached hydrogen (secondary N) is 2. The van der Waals surface area contributed by atoms with E-state index in [2.05, 4.69) is 15.7 Å². The van der Waals surface area contributed by atoms with Crippen molar-refractivity contribution < 1.29 is 9.59 Å². The van der Waals surface area contributed by atoms with Crippen LogP contribution in [0.4, 0.5) is 5.69 Å². The van der Waals surface area contributed by atoms with Crippen molar-refractivity contribution in [2.24, 2.45) is 7.05 Å². The number of carbonyl (C=O) groups is 2. The smallest absolute Gasteiger partial charge is 0.261 e. The summed E-state index contributed by atoms with van der Waals surface area (Å²) in [5.74, 6) is -0.165. The van der Waals surface area contributed by atoms with E-state index in [9.17, 15) is 9.59 Å². The Balaban J connectivity index is 1.42. The molecule has 1 aliphatic rings. The number of nitrogens with zero attached hydrogens (tertiary/aromatic N) is 3. The molecule has 0 spiro atoms. The van der Waals surface area contributed by atoms with Gasteiger partial charge in [-0.15, -0.1) is 0 Å². The third-order valence-electron chi connectivity index (χ3n) is 4.30. The number of rotatable bonds is 5. The number of anilines is 1. The summed E-state index contributed by atoms with van der Waals surface area (Å²) in [4.78, 5) is 24.3. The van der Waals surface area contributed by atoms with Gasteiger partial charge in [-0.25, -0.2) is 4.52 Å². The molecular formula is C18H19N5O2. The van der Waals surface area contributed by atoms with E-state index in [1.807, 2.05) is 42.1 Å². The van der Waals surface area contributed by atoms with Crippen LogP contribution in [0, 0.1) is 0 Å². The Hall–Kier alpha value is -3.09. The van der Waals surface area contributed by atoms with E-state index in [4.69, 9.17) is 0 Å². The number of imidazole rings is 1. The molecule has 0 aliphatic heterocycles. The van der Waals surface area contributed by atoms with Crippen molar-refractivity contribution in [3.05, 3.63) is 54.0 Å². The van der Waals surface area contributed by atoms with Crippen molar-refractivity contribution in [3.8, 4) is 0 Å². The van der Waals surface area contributed by atoms with Crippen molar-refractivity contribution in [1.82, 2.24) is 19.5 Å². The monoisotopic (exact) mass is 337 g/mol. The molecule has 0 bridgehead atoms. The summed E-state index contributed by atoms with van der Waals surface area (Å²) in [5, 5.41) is 10.0. The maximum atomic E-state index is 12.5. The molecule has 0 radical (unpaired) electrons. The highest BCUT2D eigenvalue weighted by atomic mass is 16.2. The molecule has 25 heavy (non-hydrogen) atoms. The summed E-state index contributed by atoms with van der Waals surface area (Å²) in [5.41, 5.74) is 2.86. The summed E-state index contributed by atoms with van der Waals surface area (Å²) in [6.45, 7) is 0. The fourth-order valence-corrected chi connectivity index (χ4v) is 2.81. The van der Waals surface area contributed by atoms with Gasteiger partial charge < -0.3 is 15.2 Å². The van der Waals surface area contributed by atoms with Gasteiger partial charge in [0.15, 0.2) is 0 Å². The molecule has 7 nitrogen and oxygen atoms in total. The van der Waals surface area contributed by atoms with E-state index >= 15 is 0 Å². The first kappa shape index (κ1) is 15.4. The second kappa shape index (κ2) is 6.08. The highest BCUT2D eigenvalue weighted by Crippen LogP contribution is 2.19. The molecule has 2 aromatic heterocycles. The highest BCUT2D eigenvalue weighted by molar-refractivity contribution is 6.08. The summed E-state index contributed by atoms with van der Waals surface area (Å²) >= 11 is 0. The number of amides is 2. The molecule has 2 amide bonds. The molecule has 4 rings (SSSR count). The average Bonchev–Trinajstić information content (AvgIpc) is 3.17. The van der Waals surface area contributed by atoms with Crippen LogP contribution >= 0.6 is 0 Å². The molecule has 1 aromatic carbocycles. The van der Waals surface area contributed by atoms with E-state index in [0.717, 1.165) is 24.1 Å². The Morgan fingerprint density at radius 1 is 1.20 bits per heavy atom. The van der Waals surface area contributed by atoms with Crippen molar-refractivity contribution >= 4 is 23.1 Å². The van der Waals surface area contributed by atoms with Gasteiger partial charge in [0.2, 0.25) is 5.91 Å². The Morgan fingerprint density at radius 2 is 1.96 bits per heavy atom. The number of carbonyl (C=O) groups excluding carboxylic acids is 2. The third kappa shape index (κ3) is 3.26. The number of aryl methyl sites for hydroxylation is 1. The van der Waals surface area contributed by atoms with Gasteiger partial charge in [-0.3, -0.25) is 9.59 Å². The largest absolute Gasteiger partial charge is 0.353 e. The van der Waals surface area contributed by atoms with E-state index < -0.39 is 0 Å². The van der Waals surface area contributed by atoms with Crippen LogP contribution in [0.15, 0.2) is 42.9 Å². The van der Waals surface area contributed by atoms with Gasteiger partial charge in [0, 0.05) is 31.2 Å². The van der Waals surface area contributed by atoms with Crippen LogP contribution in [0.5, 0.6) is 0 Å². The second-order valence-corrected chi connectivity index (χ2v) is 6.41. The van der Waals surface area contributed by atoms with Gasteiger partial charge in [0.1, 0.15) is 11.2 Å². The molecule has 1 saturated carbocycles. The van der Waals surface area contributed by atoms with E-state index in [1.165, 1.54) is 0 Å². The van der Waals surface area contributed by atoms with Crippen molar-refractivity contribution in [3.63, 3.8) is 0 Å². The van der Waals surface area contributed by atoms with Gasteiger partial charge >= 0.3 is 0 Å². The zero-order valence-corrected chi connectivity index (χ0v) is 13.9. The molecule has 3 aromatic rings. The summed E-state index contributed by atoms with van der Waals surface area (Å²) < 4.78 is 3.51. The van der Waals surface area contributed by atoms with Crippen LogP contribution < -0.4 is 10.6 Å². The minimum Gasteiger partial charge on any atom is -0.353 e. The van der Waals surface area contributed by atoms with E-state index in [-0.39, 0.29) is 11.8 Å².